The van der Waals surface area contributed by atoms with Crippen LogP contribution in [0.1, 0.15) is 51.5 Å². The molecule has 3 aromatic carbocycles. The number of aromatic nitrogens is 1. The Labute approximate surface area is 221 Å². The number of hydrogen-bond donors (Lipinski definition) is 2. The average molecular weight is 508 g/mol. The number of fused-ring (bicyclic) bond motifs is 1. The first-order valence-electron chi connectivity index (χ1n) is 12.4. The SMILES string of the molecule is COc1ccc2c(c1)/C(=C/C(=O)c1cccc(NC(=O)c3c(-c4ccccc4)noc3C)c1)NC(C)(C)C2. The van der Waals surface area contributed by atoms with Gasteiger partial charge in [-0.3, -0.25) is 9.59 Å². The van der Waals surface area contributed by atoms with Crippen LogP contribution in [-0.4, -0.2) is 29.5 Å². The normalized spacial score (nSPS) is 14.9. The molecule has 1 aromatic heterocycles. The maximum Gasteiger partial charge on any atom is 0.261 e. The zero-order valence-electron chi connectivity index (χ0n) is 21.8. The summed E-state index contributed by atoms with van der Waals surface area (Å²) in [5.74, 6) is 0.606. The Morgan fingerprint density at radius 2 is 1.84 bits per heavy atom. The second kappa shape index (κ2) is 10.0. The molecule has 0 saturated heterocycles. The van der Waals surface area contributed by atoms with Gasteiger partial charge in [-0.15, -0.1) is 0 Å². The van der Waals surface area contributed by atoms with E-state index in [-0.39, 0.29) is 17.2 Å². The van der Waals surface area contributed by atoms with E-state index in [1.54, 1.807) is 44.4 Å². The van der Waals surface area contributed by atoms with Crippen LogP contribution in [-0.2, 0) is 6.42 Å². The van der Waals surface area contributed by atoms with Crippen LogP contribution in [0.4, 0.5) is 5.69 Å². The van der Waals surface area contributed by atoms with Crippen molar-refractivity contribution in [3.8, 4) is 17.0 Å². The van der Waals surface area contributed by atoms with Crippen molar-refractivity contribution in [2.24, 2.45) is 0 Å². The Morgan fingerprint density at radius 1 is 1.05 bits per heavy atom. The number of allylic oxidation sites excluding steroid dienone is 1. The second-order valence-corrected chi connectivity index (χ2v) is 9.99. The monoisotopic (exact) mass is 507 g/mol. The molecule has 1 aliphatic rings. The van der Waals surface area contributed by atoms with Crippen LogP contribution in [0.3, 0.4) is 0 Å². The highest BCUT2D eigenvalue weighted by molar-refractivity contribution is 6.11. The molecule has 0 radical (unpaired) electrons. The third kappa shape index (κ3) is 5.09. The number of ketones is 1. The number of benzene rings is 3. The highest BCUT2D eigenvalue weighted by Gasteiger charge is 2.28. The van der Waals surface area contributed by atoms with E-state index in [4.69, 9.17) is 9.26 Å². The van der Waals surface area contributed by atoms with E-state index in [1.807, 2.05) is 48.5 Å². The maximum absolute atomic E-state index is 13.4. The number of amides is 1. The zero-order chi connectivity index (χ0) is 26.9. The molecule has 7 nitrogen and oxygen atoms in total. The molecule has 1 aliphatic heterocycles. The molecule has 2 N–H and O–H groups in total. The third-order valence-electron chi connectivity index (χ3n) is 6.53. The summed E-state index contributed by atoms with van der Waals surface area (Å²) >= 11 is 0. The molecule has 0 bridgehead atoms. The van der Waals surface area contributed by atoms with Crippen LogP contribution >= 0.6 is 0 Å². The number of anilines is 1. The number of nitrogens with one attached hydrogen (secondary N) is 2. The minimum atomic E-state index is -0.359. The van der Waals surface area contributed by atoms with Crippen molar-refractivity contribution >= 4 is 23.1 Å². The number of methoxy groups -OCH3 is 1. The number of carbonyl (C=O) groups is 2. The van der Waals surface area contributed by atoms with Gasteiger partial charge in [0.1, 0.15) is 22.8 Å². The van der Waals surface area contributed by atoms with Crippen LogP contribution in [0.25, 0.3) is 17.0 Å². The topological polar surface area (TPSA) is 93.5 Å². The molecule has 5 rings (SSSR count). The van der Waals surface area contributed by atoms with Crippen LogP contribution in [0.5, 0.6) is 5.75 Å². The first-order chi connectivity index (χ1) is 18.2. The van der Waals surface area contributed by atoms with Gasteiger partial charge in [0.05, 0.1) is 7.11 Å². The van der Waals surface area contributed by atoms with Gasteiger partial charge in [0, 0.05) is 39.7 Å². The fourth-order valence-corrected chi connectivity index (χ4v) is 4.74. The molecule has 4 aromatic rings. The second-order valence-electron chi connectivity index (χ2n) is 9.99. The minimum absolute atomic E-state index is 0.179. The summed E-state index contributed by atoms with van der Waals surface area (Å²) in [6, 6.07) is 22.2. The van der Waals surface area contributed by atoms with Crippen molar-refractivity contribution in [3.05, 3.63) is 107 Å². The Hall–Kier alpha value is -4.65. The van der Waals surface area contributed by atoms with Crippen molar-refractivity contribution < 1.29 is 18.8 Å². The number of carbonyl (C=O) groups excluding carboxylic acids is 2. The molecule has 2 heterocycles. The molecule has 0 spiro atoms. The van der Waals surface area contributed by atoms with Gasteiger partial charge in [0.25, 0.3) is 5.91 Å². The number of ether oxygens (including phenoxy) is 1. The lowest BCUT2D eigenvalue weighted by Gasteiger charge is -2.35. The summed E-state index contributed by atoms with van der Waals surface area (Å²) in [5, 5.41) is 10.5. The summed E-state index contributed by atoms with van der Waals surface area (Å²) in [7, 11) is 1.63. The summed E-state index contributed by atoms with van der Waals surface area (Å²) < 4.78 is 10.7. The Morgan fingerprint density at radius 3 is 2.61 bits per heavy atom. The number of hydrogen-bond acceptors (Lipinski definition) is 6. The highest BCUT2D eigenvalue weighted by atomic mass is 16.5. The summed E-state index contributed by atoms with van der Waals surface area (Å²) in [4.78, 5) is 26.6. The lowest BCUT2D eigenvalue weighted by molar-refractivity contribution is 0.102. The first kappa shape index (κ1) is 25.0. The van der Waals surface area contributed by atoms with Gasteiger partial charge in [-0.25, -0.2) is 0 Å². The van der Waals surface area contributed by atoms with Gasteiger partial charge >= 0.3 is 0 Å². The molecule has 0 atom stereocenters. The molecule has 0 aliphatic carbocycles. The molecule has 0 saturated carbocycles. The quantitative estimate of drug-likeness (QED) is 0.243. The van der Waals surface area contributed by atoms with E-state index in [0.29, 0.717) is 28.3 Å². The van der Waals surface area contributed by atoms with Crippen LogP contribution < -0.4 is 15.4 Å². The molecule has 0 unspecified atom stereocenters. The summed E-state index contributed by atoms with van der Waals surface area (Å²) in [6.07, 6.45) is 2.43. The summed E-state index contributed by atoms with van der Waals surface area (Å²) in [5.41, 5.74) is 5.18. The molecule has 38 heavy (non-hydrogen) atoms. The summed E-state index contributed by atoms with van der Waals surface area (Å²) in [6.45, 7) is 5.90. The van der Waals surface area contributed by atoms with E-state index < -0.39 is 0 Å². The fourth-order valence-electron chi connectivity index (χ4n) is 4.74. The standard InChI is InChI=1S/C31H29N3O4/c1-19-28(29(34-38-19)20-9-6-5-7-10-20)30(36)32-23-12-8-11-21(15-23)27(35)17-26-25-16-24(37-4)14-13-22(25)18-31(2,3)33-26/h5-17,33H,18H2,1-4H3,(H,32,36)/b26-17-. The minimum Gasteiger partial charge on any atom is -0.497 e. The van der Waals surface area contributed by atoms with E-state index in [1.165, 1.54) is 0 Å². The van der Waals surface area contributed by atoms with Gasteiger partial charge in [-0.1, -0.05) is 53.7 Å². The smallest absolute Gasteiger partial charge is 0.261 e. The fraction of sp³-hybridized carbons (Fsp3) is 0.194. The number of nitrogens with zero attached hydrogens (tertiary/aromatic N) is 1. The van der Waals surface area contributed by atoms with E-state index in [0.717, 1.165) is 34.6 Å². The molecular weight excluding hydrogens is 478 g/mol. The van der Waals surface area contributed by atoms with E-state index in [9.17, 15) is 9.59 Å². The van der Waals surface area contributed by atoms with Crippen LogP contribution in [0.2, 0.25) is 0 Å². The largest absolute Gasteiger partial charge is 0.497 e. The molecule has 0 fully saturated rings. The highest BCUT2D eigenvalue weighted by Crippen LogP contribution is 2.33. The molecule has 192 valence electrons. The van der Waals surface area contributed by atoms with Crippen LogP contribution in [0, 0.1) is 6.92 Å². The van der Waals surface area contributed by atoms with E-state index >= 15 is 0 Å². The lowest BCUT2D eigenvalue weighted by Crippen LogP contribution is -2.43. The average Bonchev–Trinajstić information content (AvgIpc) is 3.30. The lowest BCUT2D eigenvalue weighted by atomic mass is 9.85. The Bertz CT molecular complexity index is 1550. The predicted octanol–water partition coefficient (Wildman–Crippen LogP) is 6.06. The maximum atomic E-state index is 13.4. The molecule has 1 amide bonds. The van der Waals surface area contributed by atoms with Crippen molar-refractivity contribution in [1.29, 1.82) is 0 Å². The van der Waals surface area contributed by atoms with Gasteiger partial charge in [0.15, 0.2) is 5.78 Å². The Kier molecular flexibility index (Phi) is 6.59. The van der Waals surface area contributed by atoms with Gasteiger partial charge in [-0.2, -0.15) is 0 Å². The van der Waals surface area contributed by atoms with Crippen molar-refractivity contribution in [3.63, 3.8) is 0 Å². The van der Waals surface area contributed by atoms with Gasteiger partial charge in [-0.05, 0) is 57.0 Å². The number of aryl methyl sites for hydroxylation is 1. The van der Waals surface area contributed by atoms with Crippen molar-refractivity contribution in [2.75, 3.05) is 12.4 Å². The number of rotatable bonds is 6. The van der Waals surface area contributed by atoms with Crippen LogP contribution in [0.15, 0.2) is 83.4 Å². The third-order valence-corrected chi connectivity index (χ3v) is 6.53. The molecule has 7 heteroatoms. The predicted molar refractivity (Wildman–Crippen MR) is 147 cm³/mol. The molecular formula is C31H29N3O4. The first-order valence-corrected chi connectivity index (χ1v) is 12.4. The van der Waals surface area contributed by atoms with Crippen molar-refractivity contribution in [2.45, 2.75) is 32.7 Å². The zero-order valence-corrected chi connectivity index (χ0v) is 21.8. The van der Waals surface area contributed by atoms with Crippen molar-refractivity contribution in [1.82, 2.24) is 10.5 Å². The van der Waals surface area contributed by atoms with Gasteiger partial charge in [0.2, 0.25) is 0 Å². The van der Waals surface area contributed by atoms with Gasteiger partial charge < -0.3 is 19.9 Å². The Balaban J connectivity index is 1.42. The van der Waals surface area contributed by atoms with E-state index in [2.05, 4.69) is 29.6 Å².